The maximum Gasteiger partial charge on any atom is 0.350 e. The first-order chi connectivity index (χ1) is 9.51. The van der Waals surface area contributed by atoms with Gasteiger partial charge in [0.25, 0.3) is 0 Å². The van der Waals surface area contributed by atoms with Gasteiger partial charge in [0.05, 0.1) is 0 Å². The van der Waals surface area contributed by atoms with Gasteiger partial charge < -0.3 is 9.84 Å². The molecule has 110 valence electrons. The molecule has 0 bridgehead atoms. The Bertz CT molecular complexity index is 442. The summed E-state index contributed by atoms with van der Waals surface area (Å²) in [5, 5.41) is 10.3. The third-order valence-corrected chi connectivity index (χ3v) is 4.45. The zero-order valence-corrected chi connectivity index (χ0v) is 12.6. The number of aliphatic hydroxyl groups excluding tert-OH is 1. The van der Waals surface area contributed by atoms with Gasteiger partial charge in [-0.2, -0.15) is 0 Å². The molecule has 0 aliphatic heterocycles. The maximum absolute atomic E-state index is 12.1. The molecule has 0 saturated heterocycles. The van der Waals surface area contributed by atoms with E-state index in [4.69, 9.17) is 27.9 Å². The number of benzene rings is 1. The first kappa shape index (κ1) is 15.6. The molecule has 0 amide bonds. The fourth-order valence-corrected chi connectivity index (χ4v) is 2.96. The van der Waals surface area contributed by atoms with Crippen LogP contribution in [0, 0.1) is 5.92 Å². The van der Waals surface area contributed by atoms with Gasteiger partial charge in [-0.05, 0) is 30.9 Å². The minimum absolute atomic E-state index is 0.0536. The van der Waals surface area contributed by atoms with Crippen LogP contribution in [0.2, 0.25) is 0 Å². The molecule has 5 heteroatoms. The molecule has 1 aliphatic rings. The summed E-state index contributed by atoms with van der Waals surface area (Å²) in [7, 11) is 0. The first-order valence-electron chi connectivity index (χ1n) is 6.85. The number of alkyl halides is 2. The van der Waals surface area contributed by atoms with Gasteiger partial charge >= 0.3 is 5.97 Å². The molecule has 2 rings (SSSR count). The lowest BCUT2D eigenvalue weighted by Gasteiger charge is -2.32. The quantitative estimate of drug-likeness (QED) is 0.523. The van der Waals surface area contributed by atoms with E-state index >= 15 is 0 Å². The maximum atomic E-state index is 12.1. The minimum atomic E-state index is -1.93. The second-order valence-electron chi connectivity index (χ2n) is 5.17. The molecule has 1 aliphatic carbocycles. The smallest absolute Gasteiger partial charge is 0.350 e. The van der Waals surface area contributed by atoms with E-state index in [0.29, 0.717) is 5.75 Å². The molecule has 1 saturated carbocycles. The lowest BCUT2D eigenvalue weighted by atomic mass is 9.84. The van der Waals surface area contributed by atoms with Gasteiger partial charge in [0.15, 0.2) is 0 Å². The summed E-state index contributed by atoms with van der Waals surface area (Å²) in [5.41, 5.74) is 0. The van der Waals surface area contributed by atoms with Gasteiger partial charge in [-0.25, -0.2) is 4.79 Å². The van der Waals surface area contributed by atoms with Crippen molar-refractivity contribution in [2.24, 2.45) is 5.92 Å². The zero-order chi connectivity index (χ0) is 14.6. The Hall–Kier alpha value is -0.770. The second-order valence-corrected chi connectivity index (χ2v) is 6.55. The zero-order valence-electron chi connectivity index (χ0n) is 11.1. The van der Waals surface area contributed by atoms with Gasteiger partial charge in [0, 0.05) is 0 Å². The van der Waals surface area contributed by atoms with E-state index in [9.17, 15) is 9.90 Å². The van der Waals surface area contributed by atoms with E-state index in [1.165, 1.54) is 0 Å². The molecule has 20 heavy (non-hydrogen) atoms. The average molecular weight is 317 g/mol. The number of carbonyl (C=O) groups excluding carboxylic acids is 1. The summed E-state index contributed by atoms with van der Waals surface area (Å²) in [6.07, 6.45) is 3.76. The number of para-hydroxylation sites is 1. The highest BCUT2D eigenvalue weighted by Gasteiger charge is 2.47. The third kappa shape index (κ3) is 3.66. The van der Waals surface area contributed by atoms with Gasteiger partial charge in [-0.1, -0.05) is 60.7 Å². The lowest BCUT2D eigenvalue weighted by molar-refractivity contribution is -0.138. The number of aliphatic hydroxyl groups is 1. The Morgan fingerprint density at radius 3 is 2.40 bits per heavy atom. The van der Waals surface area contributed by atoms with Crippen molar-refractivity contribution in [3.8, 4) is 5.75 Å². The molecule has 1 aromatic carbocycles. The molecular weight excluding hydrogens is 299 g/mol. The Balaban J connectivity index is 2.02. The van der Waals surface area contributed by atoms with Crippen LogP contribution >= 0.6 is 23.2 Å². The van der Waals surface area contributed by atoms with Crippen molar-refractivity contribution in [2.75, 3.05) is 0 Å². The molecular formula is C15H18Cl2O3. The van der Waals surface area contributed by atoms with Gasteiger partial charge in [0.1, 0.15) is 11.9 Å². The Kier molecular flexibility index (Phi) is 5.30. The molecule has 1 fully saturated rings. The molecule has 1 N–H and O–H groups in total. The number of ether oxygens (including phenoxy) is 1. The number of hydrogen-bond donors (Lipinski definition) is 1. The van der Waals surface area contributed by atoms with E-state index in [1.807, 2.05) is 6.07 Å². The number of esters is 1. The van der Waals surface area contributed by atoms with Crippen LogP contribution in [0.3, 0.4) is 0 Å². The van der Waals surface area contributed by atoms with Crippen LogP contribution in [-0.2, 0) is 4.79 Å². The fraction of sp³-hybridized carbons (Fsp3) is 0.533. The van der Waals surface area contributed by atoms with E-state index in [0.717, 1.165) is 32.1 Å². The predicted molar refractivity (Wildman–Crippen MR) is 79.1 cm³/mol. The van der Waals surface area contributed by atoms with Crippen molar-refractivity contribution >= 4 is 29.2 Å². The van der Waals surface area contributed by atoms with Gasteiger partial charge in [-0.3, -0.25) is 0 Å². The monoisotopic (exact) mass is 316 g/mol. The van der Waals surface area contributed by atoms with E-state index in [-0.39, 0.29) is 5.92 Å². The SMILES string of the molecule is O=C(Oc1ccccc1)C(Cl)(Cl)C(O)C1CCCCC1. The van der Waals surface area contributed by atoms with Crippen molar-refractivity contribution < 1.29 is 14.6 Å². The molecule has 1 unspecified atom stereocenters. The van der Waals surface area contributed by atoms with Crippen molar-refractivity contribution in [1.82, 2.24) is 0 Å². The molecule has 0 aromatic heterocycles. The summed E-state index contributed by atoms with van der Waals surface area (Å²) in [6, 6.07) is 8.56. The summed E-state index contributed by atoms with van der Waals surface area (Å²) >= 11 is 12.1. The molecule has 1 atom stereocenters. The molecule has 1 aromatic rings. The minimum Gasteiger partial charge on any atom is -0.424 e. The molecule has 0 spiro atoms. The van der Waals surface area contributed by atoms with Crippen molar-refractivity contribution in [3.63, 3.8) is 0 Å². The molecule has 3 nitrogen and oxygen atoms in total. The van der Waals surface area contributed by atoms with Crippen molar-refractivity contribution in [1.29, 1.82) is 0 Å². The van der Waals surface area contributed by atoms with Crippen LogP contribution in [0.1, 0.15) is 32.1 Å². The van der Waals surface area contributed by atoms with Crippen LogP contribution < -0.4 is 4.74 Å². The highest BCUT2D eigenvalue weighted by atomic mass is 35.5. The van der Waals surface area contributed by atoms with Crippen LogP contribution in [-0.4, -0.2) is 21.5 Å². The summed E-state index contributed by atoms with van der Waals surface area (Å²) in [5.74, 6) is -0.522. The standard InChI is InChI=1S/C15H18Cl2O3/c16-15(17,13(18)11-7-3-1-4-8-11)14(19)20-12-9-5-2-6-10-12/h2,5-6,9-11,13,18H,1,3-4,7-8H2. The highest BCUT2D eigenvalue weighted by molar-refractivity contribution is 6.58. The highest BCUT2D eigenvalue weighted by Crippen LogP contribution is 2.37. The lowest BCUT2D eigenvalue weighted by Crippen LogP contribution is -2.46. The Morgan fingerprint density at radius 1 is 1.20 bits per heavy atom. The average Bonchev–Trinajstić information content (AvgIpc) is 2.48. The number of rotatable bonds is 4. The van der Waals surface area contributed by atoms with Crippen molar-refractivity contribution in [2.45, 2.75) is 42.5 Å². The Morgan fingerprint density at radius 2 is 1.80 bits per heavy atom. The van der Waals surface area contributed by atoms with Crippen LogP contribution in [0.15, 0.2) is 30.3 Å². The van der Waals surface area contributed by atoms with Crippen LogP contribution in [0.25, 0.3) is 0 Å². The number of carbonyl (C=O) groups is 1. The van der Waals surface area contributed by atoms with E-state index in [2.05, 4.69) is 0 Å². The van der Waals surface area contributed by atoms with E-state index in [1.54, 1.807) is 24.3 Å². The molecule has 0 heterocycles. The largest absolute Gasteiger partial charge is 0.424 e. The second kappa shape index (κ2) is 6.79. The van der Waals surface area contributed by atoms with Crippen LogP contribution in [0.5, 0.6) is 5.75 Å². The van der Waals surface area contributed by atoms with E-state index < -0.39 is 16.4 Å². The molecule has 0 radical (unpaired) electrons. The first-order valence-corrected chi connectivity index (χ1v) is 7.60. The topological polar surface area (TPSA) is 46.5 Å². The predicted octanol–water partition coefficient (Wildman–Crippen LogP) is 3.71. The normalized spacial score (nSPS) is 18.6. The number of hydrogen-bond acceptors (Lipinski definition) is 3. The van der Waals surface area contributed by atoms with Gasteiger partial charge in [0.2, 0.25) is 4.33 Å². The van der Waals surface area contributed by atoms with Crippen LogP contribution in [0.4, 0.5) is 0 Å². The van der Waals surface area contributed by atoms with Gasteiger partial charge in [-0.15, -0.1) is 0 Å². The summed E-state index contributed by atoms with van der Waals surface area (Å²) < 4.78 is 3.20. The summed E-state index contributed by atoms with van der Waals surface area (Å²) in [6.45, 7) is 0. The fourth-order valence-electron chi connectivity index (χ4n) is 2.53. The Labute approximate surface area is 128 Å². The van der Waals surface area contributed by atoms with Crippen molar-refractivity contribution in [3.05, 3.63) is 30.3 Å². The summed E-state index contributed by atoms with van der Waals surface area (Å²) in [4.78, 5) is 12.1. The third-order valence-electron chi connectivity index (χ3n) is 3.69. The number of halogens is 2.